The van der Waals surface area contributed by atoms with E-state index in [1.54, 1.807) is 6.08 Å². The van der Waals surface area contributed by atoms with Gasteiger partial charge in [0.25, 0.3) is 0 Å². The molecule has 0 N–H and O–H groups in total. The number of likely N-dealkylation sites (tertiary alicyclic amines) is 1. The number of hydrogen-bond donors (Lipinski definition) is 0. The molecule has 3 nitrogen and oxygen atoms in total. The van der Waals surface area contributed by atoms with E-state index in [2.05, 4.69) is 52.9 Å². The smallest absolute Gasteiger partial charge is 0.330 e. The molecule has 1 rings (SSSR count). The minimum absolute atomic E-state index is 0.238. The van der Waals surface area contributed by atoms with Crippen molar-refractivity contribution in [2.24, 2.45) is 5.92 Å². The number of hydrogen-bond acceptors (Lipinski definition) is 3. The van der Waals surface area contributed by atoms with Crippen molar-refractivity contribution in [3.05, 3.63) is 34.9 Å². The largest absolute Gasteiger partial charge is 0.463 e. The number of rotatable bonds is 8. The highest BCUT2D eigenvalue weighted by atomic mass is 79.9. The number of esters is 1. The van der Waals surface area contributed by atoms with Gasteiger partial charge < -0.3 is 4.74 Å². The summed E-state index contributed by atoms with van der Waals surface area (Å²) in [5.74, 6) is 0.308. The number of carbonyl (C=O) groups is 1. The van der Waals surface area contributed by atoms with E-state index < -0.39 is 0 Å². The standard InChI is InChI=1S/C19H30BrNO2/c1-4-23-19(22)12-7-11-18-10-5-6-13-21(18)14-8-9-17(20)15-16(2)3/h7-9,12,15-16,18H,4-6,10-11,13-14H2,1-3H3/b9-8+,12-7+,17-15-. The predicted molar refractivity (Wildman–Crippen MR) is 101 cm³/mol. The van der Waals surface area contributed by atoms with Crippen molar-refractivity contribution < 1.29 is 9.53 Å². The van der Waals surface area contributed by atoms with Gasteiger partial charge in [-0.05, 0) is 38.6 Å². The van der Waals surface area contributed by atoms with Gasteiger partial charge in [0.05, 0.1) is 6.61 Å². The second kappa shape index (κ2) is 11.6. The lowest BCUT2D eigenvalue weighted by molar-refractivity contribution is -0.137. The maximum atomic E-state index is 11.4. The van der Waals surface area contributed by atoms with Gasteiger partial charge in [-0.1, -0.05) is 60.5 Å². The summed E-state index contributed by atoms with van der Waals surface area (Å²) in [6.45, 7) is 8.69. The lowest BCUT2D eigenvalue weighted by atomic mass is 9.99. The van der Waals surface area contributed by atoms with Gasteiger partial charge in [-0.2, -0.15) is 0 Å². The van der Waals surface area contributed by atoms with E-state index in [1.807, 2.05) is 13.0 Å². The summed E-state index contributed by atoms with van der Waals surface area (Å²) >= 11 is 3.58. The third-order valence-electron chi connectivity index (χ3n) is 3.81. The van der Waals surface area contributed by atoms with Crippen LogP contribution in [0.25, 0.3) is 0 Å². The molecule has 130 valence electrons. The van der Waals surface area contributed by atoms with E-state index in [0.29, 0.717) is 18.6 Å². The van der Waals surface area contributed by atoms with E-state index in [0.717, 1.165) is 24.0 Å². The molecule has 1 aliphatic heterocycles. The number of ether oxygens (including phenoxy) is 1. The van der Waals surface area contributed by atoms with Gasteiger partial charge in [0, 0.05) is 23.1 Å². The monoisotopic (exact) mass is 383 g/mol. The molecule has 0 radical (unpaired) electrons. The lowest BCUT2D eigenvalue weighted by Crippen LogP contribution is -2.39. The zero-order valence-electron chi connectivity index (χ0n) is 14.6. The summed E-state index contributed by atoms with van der Waals surface area (Å²) in [4.78, 5) is 13.9. The molecule has 0 spiro atoms. The van der Waals surface area contributed by atoms with Crippen molar-refractivity contribution in [2.45, 2.75) is 52.5 Å². The molecule has 0 aromatic carbocycles. The highest BCUT2D eigenvalue weighted by Gasteiger charge is 2.20. The molecule has 1 unspecified atom stereocenters. The summed E-state index contributed by atoms with van der Waals surface area (Å²) in [6.07, 6.45) is 14.7. The number of nitrogens with zero attached hydrogens (tertiary/aromatic N) is 1. The van der Waals surface area contributed by atoms with Crippen LogP contribution in [0.1, 0.15) is 46.5 Å². The van der Waals surface area contributed by atoms with E-state index in [-0.39, 0.29) is 5.97 Å². The van der Waals surface area contributed by atoms with Gasteiger partial charge in [-0.15, -0.1) is 0 Å². The molecule has 0 bridgehead atoms. The van der Waals surface area contributed by atoms with Crippen LogP contribution < -0.4 is 0 Å². The van der Waals surface area contributed by atoms with Crippen LogP contribution in [0, 0.1) is 5.92 Å². The molecule has 1 heterocycles. The fraction of sp³-hybridized carbons (Fsp3) is 0.632. The lowest BCUT2D eigenvalue weighted by Gasteiger charge is -2.34. The van der Waals surface area contributed by atoms with E-state index >= 15 is 0 Å². The summed E-state index contributed by atoms with van der Waals surface area (Å²) in [5.41, 5.74) is 0. The van der Waals surface area contributed by atoms with Crippen LogP contribution in [0.3, 0.4) is 0 Å². The molecule has 23 heavy (non-hydrogen) atoms. The van der Waals surface area contributed by atoms with Gasteiger partial charge in [-0.25, -0.2) is 4.79 Å². The van der Waals surface area contributed by atoms with Crippen LogP contribution >= 0.6 is 15.9 Å². The minimum Gasteiger partial charge on any atom is -0.463 e. The van der Waals surface area contributed by atoms with Gasteiger partial charge in [0.1, 0.15) is 0 Å². The zero-order chi connectivity index (χ0) is 17.1. The fourth-order valence-electron chi connectivity index (χ4n) is 2.75. The zero-order valence-corrected chi connectivity index (χ0v) is 16.2. The predicted octanol–water partition coefficient (Wildman–Crippen LogP) is 4.84. The van der Waals surface area contributed by atoms with Crippen molar-refractivity contribution >= 4 is 21.9 Å². The Hall–Kier alpha value is -0.870. The van der Waals surface area contributed by atoms with E-state index in [4.69, 9.17) is 4.74 Å². The Bertz CT molecular complexity index is 441. The Morgan fingerprint density at radius 2 is 2.09 bits per heavy atom. The van der Waals surface area contributed by atoms with Gasteiger partial charge >= 0.3 is 5.97 Å². The van der Waals surface area contributed by atoms with E-state index in [1.165, 1.54) is 19.3 Å². The molecule has 1 fully saturated rings. The summed E-state index contributed by atoms with van der Waals surface area (Å²) in [6, 6.07) is 0.520. The Morgan fingerprint density at radius 1 is 1.30 bits per heavy atom. The molecule has 1 saturated heterocycles. The number of carbonyl (C=O) groups excluding carboxylic acids is 1. The minimum atomic E-state index is -0.238. The van der Waals surface area contributed by atoms with Gasteiger partial charge in [0.2, 0.25) is 0 Å². The molecule has 0 aliphatic carbocycles. The second-order valence-corrected chi connectivity index (χ2v) is 7.15. The van der Waals surface area contributed by atoms with Crippen LogP contribution in [0.5, 0.6) is 0 Å². The van der Waals surface area contributed by atoms with Crippen molar-refractivity contribution in [2.75, 3.05) is 19.7 Å². The SMILES string of the molecule is CCOC(=O)/C=C/CC1CCCCN1C/C=C/C(Br)=C/C(C)C. The van der Waals surface area contributed by atoms with Crippen LogP contribution in [0.4, 0.5) is 0 Å². The average Bonchev–Trinajstić information content (AvgIpc) is 2.48. The van der Waals surface area contributed by atoms with Gasteiger partial charge in [0.15, 0.2) is 0 Å². The maximum Gasteiger partial charge on any atom is 0.330 e. The maximum absolute atomic E-state index is 11.4. The first kappa shape index (κ1) is 20.2. The highest BCUT2D eigenvalue weighted by molar-refractivity contribution is 9.11. The first-order chi connectivity index (χ1) is 11.0. The molecule has 4 heteroatoms. The fourth-order valence-corrected chi connectivity index (χ4v) is 3.47. The quantitative estimate of drug-likeness (QED) is 0.341. The third kappa shape index (κ3) is 9.11. The normalized spacial score (nSPS) is 20.7. The molecular formula is C19H30BrNO2. The topological polar surface area (TPSA) is 29.5 Å². The molecular weight excluding hydrogens is 354 g/mol. The molecule has 1 aliphatic rings. The Labute approximate surface area is 149 Å². The molecule has 1 atom stereocenters. The van der Waals surface area contributed by atoms with Crippen LogP contribution in [-0.4, -0.2) is 36.6 Å². The Morgan fingerprint density at radius 3 is 2.78 bits per heavy atom. The van der Waals surface area contributed by atoms with Crippen molar-refractivity contribution in [3.8, 4) is 0 Å². The Kier molecular flexibility index (Phi) is 10.2. The number of piperidine rings is 1. The highest BCUT2D eigenvalue weighted by Crippen LogP contribution is 2.20. The third-order valence-corrected chi connectivity index (χ3v) is 4.34. The van der Waals surface area contributed by atoms with Crippen molar-refractivity contribution in [3.63, 3.8) is 0 Å². The van der Waals surface area contributed by atoms with Crippen LogP contribution in [-0.2, 0) is 9.53 Å². The molecule has 0 amide bonds. The average molecular weight is 384 g/mol. The Balaban J connectivity index is 2.48. The first-order valence-electron chi connectivity index (χ1n) is 8.64. The summed E-state index contributed by atoms with van der Waals surface area (Å²) < 4.78 is 6.06. The molecule has 0 saturated carbocycles. The van der Waals surface area contributed by atoms with Crippen molar-refractivity contribution in [1.82, 2.24) is 4.90 Å². The number of allylic oxidation sites excluding steroid dienone is 3. The van der Waals surface area contributed by atoms with Crippen LogP contribution in [0.2, 0.25) is 0 Å². The summed E-state index contributed by atoms with van der Waals surface area (Å²) in [7, 11) is 0. The summed E-state index contributed by atoms with van der Waals surface area (Å²) in [5, 5.41) is 0. The van der Waals surface area contributed by atoms with E-state index in [9.17, 15) is 4.79 Å². The molecule has 0 aromatic rings. The second-order valence-electron chi connectivity index (χ2n) is 6.23. The van der Waals surface area contributed by atoms with Gasteiger partial charge in [-0.3, -0.25) is 4.90 Å². The van der Waals surface area contributed by atoms with Crippen molar-refractivity contribution in [1.29, 1.82) is 0 Å². The molecule has 0 aromatic heterocycles. The van der Waals surface area contributed by atoms with Crippen LogP contribution in [0.15, 0.2) is 34.9 Å². The number of halogens is 1. The first-order valence-corrected chi connectivity index (χ1v) is 9.43.